The van der Waals surface area contributed by atoms with Gasteiger partial charge in [-0.15, -0.1) is 0 Å². The smallest absolute Gasteiger partial charge is 0.368 e. The topological polar surface area (TPSA) is 76.0 Å². The number of para-hydroxylation sites is 1. The Hall–Kier alpha value is -1.59. The van der Waals surface area contributed by atoms with E-state index in [0.29, 0.717) is 13.0 Å². The fraction of sp³-hybridized carbons (Fsp3) is 0.529. The van der Waals surface area contributed by atoms with Crippen LogP contribution in [0.5, 0.6) is 0 Å². The minimum Gasteiger partial charge on any atom is -0.368 e. The number of ether oxygens (including phenoxy) is 1. The monoisotopic (exact) mass is 434 g/mol. The van der Waals surface area contributed by atoms with Crippen LogP contribution in [0.1, 0.15) is 18.4 Å². The molecule has 3 atom stereocenters. The molecule has 1 amide bonds. The lowest BCUT2D eigenvalue weighted by molar-refractivity contribution is -0.137. The Morgan fingerprint density at radius 1 is 1.25 bits per heavy atom. The van der Waals surface area contributed by atoms with Gasteiger partial charge in [-0.2, -0.15) is 18.2 Å². The van der Waals surface area contributed by atoms with Gasteiger partial charge >= 0.3 is 6.18 Å². The molecular weight excluding hydrogens is 417 g/mol. The summed E-state index contributed by atoms with van der Waals surface area (Å²) in [6.07, 6.45) is -4.09. The molecule has 152 valence electrons. The van der Waals surface area contributed by atoms with Crippen molar-refractivity contribution in [3.63, 3.8) is 0 Å². The van der Waals surface area contributed by atoms with Crippen molar-refractivity contribution in [2.24, 2.45) is 4.99 Å². The van der Waals surface area contributed by atoms with Gasteiger partial charge in [-0.3, -0.25) is 4.79 Å². The second kappa shape index (κ2) is 7.03. The first-order valence-corrected chi connectivity index (χ1v) is 11.4. The average Bonchev–Trinajstić information content (AvgIpc) is 3.28. The zero-order valence-corrected chi connectivity index (χ0v) is 16.2. The van der Waals surface area contributed by atoms with Crippen LogP contribution in [-0.2, 0) is 25.5 Å². The van der Waals surface area contributed by atoms with Crippen LogP contribution >= 0.6 is 11.8 Å². The number of thioether (sulfide) groups is 1. The Morgan fingerprint density at radius 3 is 2.68 bits per heavy atom. The summed E-state index contributed by atoms with van der Waals surface area (Å²) >= 11 is 1.05. The molecule has 6 nitrogen and oxygen atoms in total. The van der Waals surface area contributed by atoms with Crippen molar-refractivity contribution in [3.05, 3.63) is 29.8 Å². The van der Waals surface area contributed by atoms with Crippen molar-refractivity contribution in [3.8, 4) is 0 Å². The van der Waals surface area contributed by atoms with Gasteiger partial charge in [0, 0.05) is 11.9 Å². The van der Waals surface area contributed by atoms with E-state index in [1.165, 1.54) is 23.1 Å². The number of rotatable bonds is 2. The van der Waals surface area contributed by atoms with Crippen LogP contribution < -0.4 is 4.90 Å². The number of anilines is 1. The number of alkyl halides is 3. The molecule has 1 aromatic carbocycles. The lowest BCUT2D eigenvalue weighted by Crippen LogP contribution is -2.39. The summed E-state index contributed by atoms with van der Waals surface area (Å²) in [6.45, 7) is 0.443. The van der Waals surface area contributed by atoms with Crippen molar-refractivity contribution in [1.29, 1.82) is 0 Å². The number of amides is 1. The molecule has 11 heteroatoms. The largest absolute Gasteiger partial charge is 0.418 e. The Labute approximate surface area is 164 Å². The number of halogens is 3. The third-order valence-electron chi connectivity index (χ3n) is 4.95. The first-order chi connectivity index (χ1) is 13.2. The summed E-state index contributed by atoms with van der Waals surface area (Å²) in [5.41, 5.74) is -1.08. The molecule has 0 saturated carbocycles. The third kappa shape index (κ3) is 3.67. The molecule has 0 bridgehead atoms. The van der Waals surface area contributed by atoms with E-state index in [4.69, 9.17) is 4.74 Å². The number of hydrogen-bond acceptors (Lipinski definition) is 5. The van der Waals surface area contributed by atoms with E-state index < -0.39 is 44.9 Å². The number of amidine groups is 1. The molecule has 28 heavy (non-hydrogen) atoms. The number of benzene rings is 1. The van der Waals surface area contributed by atoms with Crippen molar-refractivity contribution in [2.45, 2.75) is 36.4 Å². The van der Waals surface area contributed by atoms with Gasteiger partial charge in [-0.25, -0.2) is 8.42 Å². The van der Waals surface area contributed by atoms with Gasteiger partial charge < -0.3 is 9.64 Å². The molecule has 3 aliphatic heterocycles. The second-order valence-electron chi connectivity index (χ2n) is 6.92. The van der Waals surface area contributed by atoms with Gasteiger partial charge in [0.1, 0.15) is 6.10 Å². The highest BCUT2D eigenvalue weighted by atomic mass is 32.2. The number of fused-ring (bicyclic) bond motifs is 1. The van der Waals surface area contributed by atoms with E-state index in [1.807, 2.05) is 0 Å². The Kier molecular flexibility index (Phi) is 4.95. The van der Waals surface area contributed by atoms with Crippen LogP contribution in [0.2, 0.25) is 0 Å². The summed E-state index contributed by atoms with van der Waals surface area (Å²) in [4.78, 5) is 17.7. The lowest BCUT2D eigenvalue weighted by Gasteiger charge is -2.27. The number of aliphatic imine (C=N–C) groups is 1. The molecule has 3 fully saturated rings. The maximum absolute atomic E-state index is 13.6. The maximum Gasteiger partial charge on any atom is 0.418 e. The molecule has 0 unspecified atom stereocenters. The zero-order valence-electron chi connectivity index (χ0n) is 14.6. The van der Waals surface area contributed by atoms with Gasteiger partial charge in [0.2, 0.25) is 0 Å². The van der Waals surface area contributed by atoms with Crippen LogP contribution in [0, 0.1) is 0 Å². The molecular formula is C17H17F3N2O4S2. The third-order valence-corrected chi connectivity index (χ3v) is 8.16. The SMILES string of the molecule is O=C(N=C1S[C@@H]2CS(=O)(=O)C[C@@H]2N1c1ccccc1C(F)(F)F)[C@@H]1CCCO1. The van der Waals surface area contributed by atoms with Crippen LogP contribution in [-0.4, -0.2) is 55.0 Å². The van der Waals surface area contributed by atoms with Gasteiger partial charge in [0.15, 0.2) is 15.0 Å². The molecule has 3 aliphatic rings. The number of hydrogen-bond donors (Lipinski definition) is 0. The molecule has 0 aliphatic carbocycles. The van der Waals surface area contributed by atoms with E-state index >= 15 is 0 Å². The van der Waals surface area contributed by atoms with Gasteiger partial charge in [0.05, 0.1) is 28.8 Å². The predicted octanol–water partition coefficient (Wildman–Crippen LogP) is 2.49. The first-order valence-electron chi connectivity index (χ1n) is 8.72. The highest BCUT2D eigenvalue weighted by Crippen LogP contribution is 2.45. The number of carbonyl (C=O) groups is 1. The van der Waals surface area contributed by atoms with E-state index in [1.54, 1.807) is 0 Å². The molecule has 4 rings (SSSR count). The van der Waals surface area contributed by atoms with Crippen LogP contribution in [0.4, 0.5) is 18.9 Å². The lowest BCUT2D eigenvalue weighted by atomic mass is 10.1. The highest BCUT2D eigenvalue weighted by molar-refractivity contribution is 8.16. The minimum absolute atomic E-state index is 0.0992. The fourth-order valence-corrected chi connectivity index (χ4v) is 7.62. The summed E-state index contributed by atoms with van der Waals surface area (Å²) in [6, 6.07) is 4.24. The highest BCUT2D eigenvalue weighted by Gasteiger charge is 2.51. The van der Waals surface area contributed by atoms with Crippen LogP contribution in [0.3, 0.4) is 0 Å². The van der Waals surface area contributed by atoms with Crippen molar-refractivity contribution >= 4 is 38.4 Å². The fourth-order valence-electron chi connectivity index (χ4n) is 3.71. The van der Waals surface area contributed by atoms with E-state index in [2.05, 4.69) is 4.99 Å². The van der Waals surface area contributed by atoms with E-state index in [9.17, 15) is 26.4 Å². The number of nitrogens with zero attached hydrogens (tertiary/aromatic N) is 2. The number of sulfone groups is 1. The summed E-state index contributed by atoms with van der Waals surface area (Å²) in [5, 5.41) is -0.371. The average molecular weight is 434 g/mol. The van der Waals surface area contributed by atoms with Crippen molar-refractivity contribution in [2.75, 3.05) is 23.0 Å². The summed E-state index contributed by atoms with van der Waals surface area (Å²) < 4.78 is 70.1. The van der Waals surface area contributed by atoms with Gasteiger partial charge in [-0.05, 0) is 25.0 Å². The Morgan fingerprint density at radius 2 is 2.00 bits per heavy atom. The quantitative estimate of drug-likeness (QED) is 0.712. The summed E-state index contributed by atoms with van der Waals surface area (Å²) in [5.74, 6) is -0.971. The van der Waals surface area contributed by atoms with Gasteiger partial charge in [-0.1, -0.05) is 23.9 Å². The molecule has 1 aromatic rings. The Balaban J connectivity index is 1.77. The molecule has 0 radical (unpaired) electrons. The minimum atomic E-state index is -4.62. The van der Waals surface area contributed by atoms with Gasteiger partial charge in [0.25, 0.3) is 5.91 Å². The normalized spacial score (nSPS) is 30.8. The molecule has 3 heterocycles. The molecule has 0 spiro atoms. The first kappa shape index (κ1) is 19.7. The summed E-state index contributed by atoms with van der Waals surface area (Å²) in [7, 11) is -3.37. The predicted molar refractivity (Wildman–Crippen MR) is 99.2 cm³/mol. The molecule has 0 N–H and O–H groups in total. The van der Waals surface area contributed by atoms with Crippen molar-refractivity contribution in [1.82, 2.24) is 0 Å². The molecule has 0 aromatic heterocycles. The maximum atomic E-state index is 13.6. The van der Waals surface area contributed by atoms with E-state index in [0.717, 1.165) is 24.2 Å². The second-order valence-corrected chi connectivity index (χ2v) is 10.3. The standard InChI is InChI=1S/C17H17F3N2O4S2/c18-17(19,20)10-4-1-2-5-11(10)22-12-8-28(24,25)9-14(12)27-16(22)21-15(23)13-6-3-7-26-13/h1-2,4-5,12-14H,3,6-9H2/t12-,13-,14+/m0/s1. The van der Waals surface area contributed by atoms with E-state index in [-0.39, 0.29) is 22.4 Å². The Bertz CT molecular complexity index is 927. The van der Waals surface area contributed by atoms with Crippen molar-refractivity contribution < 1.29 is 31.1 Å². The van der Waals surface area contributed by atoms with Crippen LogP contribution in [0.15, 0.2) is 29.3 Å². The van der Waals surface area contributed by atoms with Crippen LogP contribution in [0.25, 0.3) is 0 Å². The number of carbonyl (C=O) groups excluding carboxylic acids is 1. The molecule has 3 saturated heterocycles. The zero-order chi connectivity index (χ0) is 20.1.